The Morgan fingerprint density at radius 3 is 2.52 bits per heavy atom. The number of nitrogens with zero attached hydrogens (tertiary/aromatic N) is 3. The monoisotopic (exact) mass is 533 g/mol. The summed E-state index contributed by atoms with van der Waals surface area (Å²) in [5.74, 6) is 1.68. The highest BCUT2D eigenvalue weighted by molar-refractivity contribution is 14.0. The fraction of sp³-hybridized carbons (Fsp3) is 0.333. The molecule has 0 fully saturated rings. The van der Waals surface area contributed by atoms with Gasteiger partial charge in [0, 0.05) is 24.8 Å². The van der Waals surface area contributed by atoms with E-state index < -0.39 is 0 Å². The number of nitrogens with one attached hydrogen (secondary N) is 2. The van der Waals surface area contributed by atoms with Crippen LogP contribution in [-0.2, 0) is 13.0 Å². The van der Waals surface area contributed by atoms with Crippen molar-refractivity contribution in [2.45, 2.75) is 33.2 Å². The molecule has 166 valence electrons. The molecule has 0 aliphatic heterocycles. The van der Waals surface area contributed by atoms with Crippen LogP contribution in [0, 0.1) is 6.92 Å². The second-order valence-corrected chi connectivity index (χ2v) is 7.06. The Bertz CT molecular complexity index is 956. The minimum Gasteiger partial charge on any atom is -0.496 e. The van der Waals surface area contributed by atoms with Crippen LogP contribution in [0.1, 0.15) is 30.2 Å². The Morgan fingerprint density at radius 1 is 1.03 bits per heavy atom. The number of rotatable bonds is 9. The summed E-state index contributed by atoms with van der Waals surface area (Å²) in [6.07, 6.45) is 4.10. The predicted molar refractivity (Wildman–Crippen MR) is 138 cm³/mol. The first-order valence-electron chi connectivity index (χ1n) is 10.5. The standard InChI is InChI=1S/C24H31N5O.HI/c1-4-25-24(27-17-20-11-8-9-15-23(20)30-3)26-16-10-12-21-18-29(28-19(21)2)22-13-6-5-7-14-22;/h5-9,11,13-15,18H,4,10,12,16-17H2,1-3H3,(H2,25,26,27);1H. The molecule has 6 nitrogen and oxygen atoms in total. The number of hydrogen-bond donors (Lipinski definition) is 2. The van der Waals surface area contributed by atoms with Crippen molar-refractivity contribution in [3.05, 3.63) is 77.6 Å². The molecule has 0 atom stereocenters. The maximum Gasteiger partial charge on any atom is 0.191 e. The molecule has 0 saturated carbocycles. The molecule has 2 N–H and O–H groups in total. The van der Waals surface area contributed by atoms with Crippen molar-refractivity contribution in [1.29, 1.82) is 0 Å². The first kappa shape index (κ1) is 24.7. The Morgan fingerprint density at radius 2 is 1.77 bits per heavy atom. The van der Waals surface area contributed by atoms with Gasteiger partial charge in [0.15, 0.2) is 5.96 Å². The van der Waals surface area contributed by atoms with Gasteiger partial charge in [0.05, 0.1) is 25.0 Å². The van der Waals surface area contributed by atoms with Crippen LogP contribution in [-0.4, -0.2) is 35.9 Å². The number of hydrogen-bond acceptors (Lipinski definition) is 3. The molecule has 1 aromatic heterocycles. The van der Waals surface area contributed by atoms with Crippen molar-refractivity contribution in [3.63, 3.8) is 0 Å². The molecule has 0 unspecified atom stereocenters. The zero-order valence-corrected chi connectivity index (χ0v) is 20.8. The molecule has 7 heteroatoms. The molecular formula is C24H32IN5O. The number of halogens is 1. The highest BCUT2D eigenvalue weighted by atomic mass is 127. The Kier molecular flexibility index (Phi) is 10.4. The van der Waals surface area contributed by atoms with E-state index >= 15 is 0 Å². The van der Waals surface area contributed by atoms with E-state index in [9.17, 15) is 0 Å². The van der Waals surface area contributed by atoms with Gasteiger partial charge >= 0.3 is 0 Å². The van der Waals surface area contributed by atoms with Gasteiger partial charge in [-0.25, -0.2) is 9.67 Å². The second kappa shape index (κ2) is 13.0. The molecule has 0 spiro atoms. The lowest BCUT2D eigenvalue weighted by molar-refractivity contribution is 0.410. The summed E-state index contributed by atoms with van der Waals surface area (Å²) in [5, 5.41) is 11.4. The van der Waals surface area contributed by atoms with Gasteiger partial charge < -0.3 is 15.4 Å². The van der Waals surface area contributed by atoms with Crippen LogP contribution in [0.5, 0.6) is 5.75 Å². The van der Waals surface area contributed by atoms with Gasteiger partial charge in [0.2, 0.25) is 0 Å². The quantitative estimate of drug-likeness (QED) is 0.184. The van der Waals surface area contributed by atoms with Gasteiger partial charge in [-0.2, -0.15) is 5.10 Å². The third-order valence-corrected chi connectivity index (χ3v) is 4.88. The molecule has 3 rings (SSSR count). The van der Waals surface area contributed by atoms with Crippen LogP contribution >= 0.6 is 24.0 Å². The van der Waals surface area contributed by atoms with Gasteiger partial charge in [-0.05, 0) is 50.5 Å². The number of guanidine groups is 1. The summed E-state index contributed by atoms with van der Waals surface area (Å²) in [6, 6.07) is 18.2. The molecule has 31 heavy (non-hydrogen) atoms. The topological polar surface area (TPSA) is 63.5 Å². The number of benzene rings is 2. The Balaban J connectivity index is 0.00000341. The predicted octanol–water partition coefficient (Wildman–Crippen LogP) is 4.50. The zero-order chi connectivity index (χ0) is 21.2. The van der Waals surface area contributed by atoms with E-state index in [0.717, 1.165) is 54.6 Å². The number of aryl methyl sites for hydroxylation is 2. The molecule has 2 aromatic carbocycles. The molecule has 0 bridgehead atoms. The molecule has 0 saturated heterocycles. The lowest BCUT2D eigenvalue weighted by Gasteiger charge is -2.12. The third kappa shape index (κ3) is 7.27. The smallest absolute Gasteiger partial charge is 0.191 e. The maximum atomic E-state index is 5.41. The average Bonchev–Trinajstić information content (AvgIpc) is 3.16. The van der Waals surface area contributed by atoms with Gasteiger partial charge in [0.25, 0.3) is 0 Å². The zero-order valence-electron chi connectivity index (χ0n) is 18.5. The first-order valence-corrected chi connectivity index (χ1v) is 10.5. The van der Waals surface area contributed by atoms with Crippen molar-refractivity contribution < 1.29 is 4.74 Å². The molecule has 0 aliphatic carbocycles. The number of aliphatic imine (C=N–C) groups is 1. The lowest BCUT2D eigenvalue weighted by Crippen LogP contribution is -2.37. The number of ether oxygens (including phenoxy) is 1. The number of methoxy groups -OCH3 is 1. The maximum absolute atomic E-state index is 5.41. The first-order chi connectivity index (χ1) is 14.7. The summed E-state index contributed by atoms with van der Waals surface area (Å²) in [7, 11) is 1.69. The molecule has 0 aliphatic rings. The van der Waals surface area contributed by atoms with E-state index in [2.05, 4.69) is 47.9 Å². The largest absolute Gasteiger partial charge is 0.496 e. The van der Waals surface area contributed by atoms with Crippen LogP contribution in [0.2, 0.25) is 0 Å². The fourth-order valence-electron chi connectivity index (χ4n) is 3.28. The van der Waals surface area contributed by atoms with Crippen molar-refractivity contribution in [3.8, 4) is 11.4 Å². The van der Waals surface area contributed by atoms with Gasteiger partial charge in [-0.3, -0.25) is 0 Å². The van der Waals surface area contributed by atoms with E-state index in [1.807, 2.05) is 47.1 Å². The summed E-state index contributed by atoms with van der Waals surface area (Å²) in [4.78, 5) is 4.70. The van der Waals surface area contributed by atoms with Gasteiger partial charge in [0.1, 0.15) is 5.75 Å². The van der Waals surface area contributed by atoms with E-state index in [1.165, 1.54) is 5.56 Å². The van der Waals surface area contributed by atoms with Crippen LogP contribution in [0.15, 0.2) is 65.8 Å². The minimum atomic E-state index is 0. The summed E-state index contributed by atoms with van der Waals surface area (Å²) >= 11 is 0. The fourth-order valence-corrected chi connectivity index (χ4v) is 3.28. The van der Waals surface area contributed by atoms with E-state index in [-0.39, 0.29) is 24.0 Å². The van der Waals surface area contributed by atoms with Crippen molar-refractivity contribution in [2.24, 2.45) is 4.99 Å². The van der Waals surface area contributed by atoms with Crippen LogP contribution in [0.3, 0.4) is 0 Å². The van der Waals surface area contributed by atoms with E-state index in [1.54, 1.807) is 7.11 Å². The lowest BCUT2D eigenvalue weighted by atomic mass is 10.1. The third-order valence-electron chi connectivity index (χ3n) is 4.88. The average molecular weight is 533 g/mol. The van der Waals surface area contributed by atoms with E-state index in [4.69, 9.17) is 9.73 Å². The van der Waals surface area contributed by atoms with Crippen molar-refractivity contribution in [2.75, 3.05) is 20.2 Å². The summed E-state index contributed by atoms with van der Waals surface area (Å²) in [6.45, 7) is 6.37. The van der Waals surface area contributed by atoms with Crippen LogP contribution < -0.4 is 15.4 Å². The molecule has 3 aromatic rings. The number of para-hydroxylation sites is 2. The molecule has 0 radical (unpaired) electrons. The van der Waals surface area contributed by atoms with Crippen molar-refractivity contribution in [1.82, 2.24) is 20.4 Å². The van der Waals surface area contributed by atoms with E-state index in [0.29, 0.717) is 6.54 Å². The SMILES string of the molecule is CCNC(=NCc1ccccc1OC)NCCCc1cn(-c2ccccc2)nc1C.I. The minimum absolute atomic E-state index is 0. The second-order valence-electron chi connectivity index (χ2n) is 7.06. The summed E-state index contributed by atoms with van der Waals surface area (Å²) in [5.41, 5.74) is 4.51. The Hall–Kier alpha value is -2.55. The van der Waals surface area contributed by atoms with Crippen LogP contribution in [0.4, 0.5) is 0 Å². The Labute approximate surface area is 202 Å². The van der Waals surface area contributed by atoms with Gasteiger partial charge in [-0.1, -0.05) is 36.4 Å². The molecule has 1 heterocycles. The van der Waals surface area contributed by atoms with Crippen molar-refractivity contribution >= 4 is 29.9 Å². The number of aromatic nitrogens is 2. The highest BCUT2D eigenvalue weighted by Gasteiger charge is 2.07. The normalized spacial score (nSPS) is 11.0. The van der Waals surface area contributed by atoms with Gasteiger partial charge in [-0.15, -0.1) is 24.0 Å². The molecular weight excluding hydrogens is 501 g/mol. The van der Waals surface area contributed by atoms with Crippen LogP contribution in [0.25, 0.3) is 5.69 Å². The molecule has 0 amide bonds. The summed E-state index contributed by atoms with van der Waals surface area (Å²) < 4.78 is 7.37. The highest BCUT2D eigenvalue weighted by Crippen LogP contribution is 2.18.